The molecule has 0 radical (unpaired) electrons. The zero-order chi connectivity index (χ0) is 17.8. The van der Waals surface area contributed by atoms with Crippen molar-refractivity contribution in [3.8, 4) is 11.4 Å². The summed E-state index contributed by atoms with van der Waals surface area (Å²) in [7, 11) is 4.00. The van der Waals surface area contributed by atoms with E-state index in [1.54, 1.807) is 12.4 Å². The van der Waals surface area contributed by atoms with Gasteiger partial charge in [0.1, 0.15) is 5.82 Å². The van der Waals surface area contributed by atoms with Crippen LogP contribution in [0.4, 0.5) is 5.82 Å². The Morgan fingerprint density at radius 1 is 1.24 bits per heavy atom. The van der Waals surface area contributed by atoms with E-state index in [9.17, 15) is 4.79 Å². The molecule has 1 amide bonds. The van der Waals surface area contributed by atoms with E-state index < -0.39 is 0 Å². The Bertz CT molecular complexity index is 745. The number of hydrogen-bond donors (Lipinski definition) is 0. The number of pyridine rings is 1. The first-order chi connectivity index (χ1) is 12.1. The molecule has 0 aliphatic carbocycles. The minimum atomic E-state index is 0.225. The number of unbranched alkanes of at least 4 members (excludes halogenated alkanes) is 1. The highest BCUT2D eigenvalue weighted by Gasteiger charge is 2.25. The molecule has 0 N–H and O–H groups in total. The normalized spacial score (nSPS) is 13.5. The van der Waals surface area contributed by atoms with Crippen LogP contribution in [0.1, 0.15) is 37.4 Å². The van der Waals surface area contributed by atoms with Gasteiger partial charge in [-0.25, -0.2) is 9.97 Å². The van der Waals surface area contributed by atoms with Crippen molar-refractivity contribution in [2.24, 2.45) is 0 Å². The molecule has 25 heavy (non-hydrogen) atoms. The fourth-order valence-corrected chi connectivity index (χ4v) is 3.11. The van der Waals surface area contributed by atoms with Crippen LogP contribution in [0.25, 0.3) is 11.4 Å². The zero-order valence-corrected chi connectivity index (χ0v) is 15.2. The van der Waals surface area contributed by atoms with Gasteiger partial charge in [0, 0.05) is 50.6 Å². The molecule has 132 valence electrons. The quantitative estimate of drug-likeness (QED) is 0.838. The molecule has 0 spiro atoms. The lowest BCUT2D eigenvalue weighted by molar-refractivity contribution is -0.132. The van der Waals surface area contributed by atoms with Crippen molar-refractivity contribution >= 4 is 11.7 Å². The second-order valence-electron chi connectivity index (χ2n) is 6.60. The molecule has 0 saturated carbocycles. The molecule has 2 aromatic rings. The lowest BCUT2D eigenvalue weighted by atomic mass is 10.0. The van der Waals surface area contributed by atoms with Crippen LogP contribution in [-0.4, -0.2) is 46.4 Å². The van der Waals surface area contributed by atoms with Crippen LogP contribution in [0.3, 0.4) is 0 Å². The maximum Gasteiger partial charge on any atom is 0.222 e. The molecule has 1 aliphatic heterocycles. The predicted octanol–water partition coefficient (Wildman–Crippen LogP) is 2.68. The molecule has 3 rings (SSSR count). The van der Waals surface area contributed by atoms with E-state index in [1.807, 2.05) is 36.0 Å². The molecule has 6 heteroatoms. The van der Waals surface area contributed by atoms with Gasteiger partial charge < -0.3 is 9.80 Å². The molecule has 0 unspecified atom stereocenters. The van der Waals surface area contributed by atoms with Gasteiger partial charge in [-0.1, -0.05) is 13.3 Å². The van der Waals surface area contributed by atoms with Gasteiger partial charge in [0.05, 0.1) is 12.2 Å². The summed E-state index contributed by atoms with van der Waals surface area (Å²) in [6, 6.07) is 3.82. The van der Waals surface area contributed by atoms with Crippen molar-refractivity contribution in [3.63, 3.8) is 0 Å². The van der Waals surface area contributed by atoms with Crippen LogP contribution in [0, 0.1) is 0 Å². The lowest BCUT2D eigenvalue weighted by Crippen LogP contribution is -2.37. The summed E-state index contributed by atoms with van der Waals surface area (Å²) in [5, 5.41) is 0. The standard InChI is InChI=1S/C19H25N5O/c1-4-5-6-17(25)24-12-9-15-16(13-24)21-18(22-19(15)23(2)3)14-7-10-20-11-8-14/h7-8,10-11H,4-6,9,12-13H2,1-3H3. The Hall–Kier alpha value is -2.50. The van der Waals surface area contributed by atoms with Crippen molar-refractivity contribution in [3.05, 3.63) is 35.8 Å². The lowest BCUT2D eigenvalue weighted by Gasteiger charge is -2.30. The summed E-state index contributed by atoms with van der Waals surface area (Å²) in [6.45, 7) is 3.42. The molecule has 2 aromatic heterocycles. The van der Waals surface area contributed by atoms with Gasteiger partial charge in [-0.3, -0.25) is 9.78 Å². The van der Waals surface area contributed by atoms with Gasteiger partial charge in [-0.05, 0) is 25.0 Å². The van der Waals surface area contributed by atoms with E-state index in [4.69, 9.17) is 9.97 Å². The monoisotopic (exact) mass is 339 g/mol. The summed E-state index contributed by atoms with van der Waals surface area (Å²) < 4.78 is 0. The first-order valence-corrected chi connectivity index (χ1v) is 8.85. The van der Waals surface area contributed by atoms with E-state index in [2.05, 4.69) is 11.9 Å². The van der Waals surface area contributed by atoms with Gasteiger partial charge >= 0.3 is 0 Å². The number of rotatable bonds is 5. The smallest absolute Gasteiger partial charge is 0.222 e. The maximum absolute atomic E-state index is 12.4. The van der Waals surface area contributed by atoms with Crippen LogP contribution < -0.4 is 4.90 Å². The van der Waals surface area contributed by atoms with E-state index in [1.165, 1.54) is 0 Å². The molecular formula is C19H25N5O. The van der Waals surface area contributed by atoms with Gasteiger partial charge in [0.2, 0.25) is 5.91 Å². The Labute approximate surface area is 148 Å². The summed E-state index contributed by atoms with van der Waals surface area (Å²) in [6.07, 6.45) is 6.89. The third kappa shape index (κ3) is 3.78. The van der Waals surface area contributed by atoms with Crippen molar-refractivity contribution < 1.29 is 4.79 Å². The summed E-state index contributed by atoms with van der Waals surface area (Å²) in [5.74, 6) is 1.85. The number of fused-ring (bicyclic) bond motifs is 1. The number of nitrogens with zero attached hydrogens (tertiary/aromatic N) is 5. The van der Waals surface area contributed by atoms with Crippen molar-refractivity contribution in [1.29, 1.82) is 0 Å². The van der Waals surface area contributed by atoms with E-state index in [-0.39, 0.29) is 5.91 Å². The SMILES string of the molecule is CCCCC(=O)N1CCc2c(nc(-c3ccncc3)nc2N(C)C)C1. The van der Waals surface area contributed by atoms with Gasteiger partial charge in [0.15, 0.2) is 5.82 Å². The fraction of sp³-hybridized carbons (Fsp3) is 0.474. The molecule has 1 aliphatic rings. The van der Waals surface area contributed by atoms with Crippen molar-refractivity contribution in [2.45, 2.75) is 39.2 Å². The first-order valence-electron chi connectivity index (χ1n) is 8.85. The van der Waals surface area contributed by atoms with Crippen molar-refractivity contribution in [2.75, 3.05) is 25.5 Å². The molecular weight excluding hydrogens is 314 g/mol. The molecule has 0 saturated heterocycles. The Morgan fingerprint density at radius 2 is 2.00 bits per heavy atom. The highest BCUT2D eigenvalue weighted by molar-refractivity contribution is 5.76. The van der Waals surface area contributed by atoms with Crippen LogP contribution in [0.15, 0.2) is 24.5 Å². The summed E-state index contributed by atoms with van der Waals surface area (Å²) in [4.78, 5) is 30.0. The van der Waals surface area contributed by atoms with Gasteiger partial charge in [-0.2, -0.15) is 0 Å². The third-order valence-electron chi connectivity index (χ3n) is 4.50. The predicted molar refractivity (Wildman–Crippen MR) is 98.2 cm³/mol. The molecule has 0 aromatic carbocycles. The van der Waals surface area contributed by atoms with Crippen LogP contribution in [-0.2, 0) is 17.8 Å². The average Bonchev–Trinajstić information content (AvgIpc) is 2.65. The van der Waals surface area contributed by atoms with Gasteiger partial charge in [-0.15, -0.1) is 0 Å². The minimum absolute atomic E-state index is 0.225. The summed E-state index contributed by atoms with van der Waals surface area (Å²) in [5.41, 5.74) is 3.05. The second kappa shape index (κ2) is 7.59. The molecule has 0 atom stereocenters. The number of aromatic nitrogens is 3. The Kier molecular flexibility index (Phi) is 5.26. The number of amides is 1. The zero-order valence-electron chi connectivity index (χ0n) is 15.2. The minimum Gasteiger partial charge on any atom is -0.362 e. The highest BCUT2D eigenvalue weighted by Crippen LogP contribution is 2.28. The van der Waals surface area contributed by atoms with Crippen LogP contribution in [0.5, 0.6) is 0 Å². The molecule has 0 bridgehead atoms. The topological polar surface area (TPSA) is 62.2 Å². The maximum atomic E-state index is 12.4. The number of hydrogen-bond acceptors (Lipinski definition) is 5. The van der Waals surface area contributed by atoms with Crippen LogP contribution in [0.2, 0.25) is 0 Å². The van der Waals surface area contributed by atoms with E-state index in [0.29, 0.717) is 18.8 Å². The largest absolute Gasteiger partial charge is 0.362 e. The Balaban J connectivity index is 1.94. The van der Waals surface area contributed by atoms with Crippen molar-refractivity contribution in [1.82, 2.24) is 19.9 Å². The fourth-order valence-electron chi connectivity index (χ4n) is 3.11. The third-order valence-corrected chi connectivity index (χ3v) is 4.50. The van der Waals surface area contributed by atoms with E-state index in [0.717, 1.165) is 48.4 Å². The second-order valence-corrected chi connectivity index (χ2v) is 6.60. The van der Waals surface area contributed by atoms with Crippen LogP contribution >= 0.6 is 0 Å². The first kappa shape index (κ1) is 17.3. The van der Waals surface area contributed by atoms with E-state index >= 15 is 0 Å². The highest BCUT2D eigenvalue weighted by atomic mass is 16.2. The Morgan fingerprint density at radius 3 is 2.68 bits per heavy atom. The molecule has 0 fully saturated rings. The summed E-state index contributed by atoms with van der Waals surface area (Å²) >= 11 is 0. The number of carbonyl (C=O) groups is 1. The molecule has 3 heterocycles. The number of anilines is 1. The molecule has 6 nitrogen and oxygen atoms in total. The number of carbonyl (C=O) groups excluding carboxylic acids is 1. The average molecular weight is 339 g/mol. The van der Waals surface area contributed by atoms with Gasteiger partial charge in [0.25, 0.3) is 0 Å².